The van der Waals surface area contributed by atoms with Crippen molar-refractivity contribution in [3.8, 4) is 22.5 Å². The fourth-order valence-corrected chi connectivity index (χ4v) is 7.64. The van der Waals surface area contributed by atoms with Crippen molar-refractivity contribution in [1.82, 2.24) is 9.13 Å². The SMILES string of the molecule is c1ccc(-c2ccc3cc(-n4c5ccc6ccccc6c5c5c6c7ccccc7n(-c7ccccc7)c6ccc54)ccc3c2)cc1. The Morgan fingerprint density at radius 1 is 0.283 bits per heavy atom. The van der Waals surface area contributed by atoms with Gasteiger partial charge in [-0.2, -0.15) is 0 Å². The summed E-state index contributed by atoms with van der Waals surface area (Å²) in [7, 11) is 0. The normalized spacial score (nSPS) is 11.9. The minimum absolute atomic E-state index is 1.17. The van der Waals surface area contributed by atoms with Crippen LogP contribution in [0, 0.1) is 0 Å². The number of benzene rings is 8. The van der Waals surface area contributed by atoms with Gasteiger partial charge in [0, 0.05) is 32.9 Å². The fraction of sp³-hybridized carbons (Fsp3) is 0. The molecule has 0 amide bonds. The van der Waals surface area contributed by atoms with Crippen LogP contribution in [-0.2, 0) is 0 Å². The monoisotopic (exact) mass is 584 g/mol. The lowest BCUT2D eigenvalue weighted by Crippen LogP contribution is -1.95. The molecule has 2 nitrogen and oxygen atoms in total. The highest BCUT2D eigenvalue weighted by Crippen LogP contribution is 2.44. The molecule has 10 rings (SSSR count). The summed E-state index contributed by atoms with van der Waals surface area (Å²) >= 11 is 0. The van der Waals surface area contributed by atoms with Gasteiger partial charge in [0.05, 0.1) is 22.1 Å². The van der Waals surface area contributed by atoms with E-state index in [9.17, 15) is 0 Å². The van der Waals surface area contributed by atoms with E-state index in [4.69, 9.17) is 0 Å². The maximum Gasteiger partial charge on any atom is 0.0549 e. The van der Waals surface area contributed by atoms with Crippen LogP contribution in [0.3, 0.4) is 0 Å². The zero-order chi connectivity index (χ0) is 30.2. The molecule has 2 heterocycles. The third-order valence-electron chi connectivity index (χ3n) is 9.66. The van der Waals surface area contributed by atoms with Crippen LogP contribution >= 0.6 is 0 Å². The van der Waals surface area contributed by atoms with Crippen LogP contribution in [0.5, 0.6) is 0 Å². The Balaban J connectivity index is 1.32. The number of hydrogen-bond donors (Lipinski definition) is 0. The molecule has 0 atom stereocenters. The summed E-state index contributed by atoms with van der Waals surface area (Å²) in [5.74, 6) is 0. The summed E-state index contributed by atoms with van der Waals surface area (Å²) < 4.78 is 4.88. The molecular weight excluding hydrogens is 556 g/mol. The molecule has 0 bridgehead atoms. The Bertz CT molecular complexity index is 2780. The van der Waals surface area contributed by atoms with Crippen LogP contribution in [0.25, 0.3) is 87.7 Å². The molecule has 214 valence electrons. The van der Waals surface area contributed by atoms with Gasteiger partial charge in [-0.15, -0.1) is 0 Å². The fourth-order valence-electron chi connectivity index (χ4n) is 7.64. The summed E-state index contributed by atoms with van der Waals surface area (Å²) in [5.41, 5.74) is 9.69. The molecule has 0 saturated carbocycles. The van der Waals surface area contributed by atoms with Gasteiger partial charge >= 0.3 is 0 Å². The second kappa shape index (κ2) is 9.69. The Morgan fingerprint density at radius 2 is 0.848 bits per heavy atom. The molecule has 0 fully saturated rings. The zero-order valence-corrected chi connectivity index (χ0v) is 25.1. The van der Waals surface area contributed by atoms with Crippen molar-refractivity contribution in [3.63, 3.8) is 0 Å². The topological polar surface area (TPSA) is 9.86 Å². The molecule has 10 aromatic rings. The summed E-state index contributed by atoms with van der Waals surface area (Å²) in [6.45, 7) is 0. The van der Waals surface area contributed by atoms with Crippen molar-refractivity contribution in [3.05, 3.63) is 170 Å². The van der Waals surface area contributed by atoms with Crippen molar-refractivity contribution >= 4 is 65.2 Å². The second-order valence-corrected chi connectivity index (χ2v) is 12.2. The average molecular weight is 585 g/mol. The van der Waals surface area contributed by atoms with Crippen molar-refractivity contribution in [2.45, 2.75) is 0 Å². The van der Waals surface area contributed by atoms with Crippen LogP contribution < -0.4 is 0 Å². The van der Waals surface area contributed by atoms with Gasteiger partial charge in [0.15, 0.2) is 0 Å². The van der Waals surface area contributed by atoms with Gasteiger partial charge in [0.1, 0.15) is 0 Å². The quantitative estimate of drug-likeness (QED) is 0.195. The predicted octanol–water partition coefficient (Wildman–Crippen LogP) is 11.9. The number of fused-ring (bicyclic) bond motifs is 10. The number of aromatic nitrogens is 2. The molecule has 0 unspecified atom stereocenters. The van der Waals surface area contributed by atoms with Gasteiger partial charge < -0.3 is 9.13 Å². The Hall–Kier alpha value is -6.12. The van der Waals surface area contributed by atoms with Gasteiger partial charge in [0.2, 0.25) is 0 Å². The summed E-state index contributed by atoms with van der Waals surface area (Å²) in [6, 6.07) is 61.9. The molecule has 0 N–H and O–H groups in total. The van der Waals surface area contributed by atoms with E-state index in [1.54, 1.807) is 0 Å². The van der Waals surface area contributed by atoms with Crippen LogP contribution in [-0.4, -0.2) is 9.13 Å². The largest absolute Gasteiger partial charge is 0.309 e. The predicted molar refractivity (Wildman–Crippen MR) is 196 cm³/mol. The molecule has 46 heavy (non-hydrogen) atoms. The summed E-state index contributed by atoms with van der Waals surface area (Å²) in [4.78, 5) is 0. The molecular formula is C44H28N2. The van der Waals surface area contributed by atoms with Crippen LogP contribution in [0.2, 0.25) is 0 Å². The lowest BCUT2D eigenvalue weighted by atomic mass is 10.0. The van der Waals surface area contributed by atoms with Crippen molar-refractivity contribution < 1.29 is 0 Å². The highest BCUT2D eigenvalue weighted by atomic mass is 15.0. The minimum Gasteiger partial charge on any atom is -0.309 e. The van der Waals surface area contributed by atoms with E-state index in [-0.39, 0.29) is 0 Å². The molecule has 0 spiro atoms. The Kier molecular flexibility index (Phi) is 5.31. The van der Waals surface area contributed by atoms with Crippen molar-refractivity contribution in [1.29, 1.82) is 0 Å². The second-order valence-electron chi connectivity index (χ2n) is 12.2. The highest BCUT2D eigenvalue weighted by molar-refractivity contribution is 6.33. The summed E-state index contributed by atoms with van der Waals surface area (Å²) in [6.07, 6.45) is 0. The van der Waals surface area contributed by atoms with E-state index in [1.807, 2.05) is 0 Å². The molecule has 0 aliphatic rings. The Morgan fingerprint density at radius 3 is 1.67 bits per heavy atom. The minimum atomic E-state index is 1.17. The number of para-hydroxylation sites is 2. The first-order valence-corrected chi connectivity index (χ1v) is 15.9. The summed E-state index contributed by atoms with van der Waals surface area (Å²) in [5, 5.41) is 10.2. The van der Waals surface area contributed by atoms with Crippen LogP contribution in [0.15, 0.2) is 170 Å². The van der Waals surface area contributed by atoms with Gasteiger partial charge in [-0.05, 0) is 87.3 Å². The highest BCUT2D eigenvalue weighted by Gasteiger charge is 2.21. The van der Waals surface area contributed by atoms with E-state index < -0.39 is 0 Å². The third kappa shape index (κ3) is 3.59. The van der Waals surface area contributed by atoms with E-state index in [0.717, 1.165) is 0 Å². The first-order valence-electron chi connectivity index (χ1n) is 15.9. The molecule has 0 aliphatic heterocycles. The molecule has 8 aromatic carbocycles. The van der Waals surface area contributed by atoms with Crippen molar-refractivity contribution in [2.24, 2.45) is 0 Å². The lowest BCUT2D eigenvalue weighted by molar-refractivity contribution is 1.17. The number of hydrogen-bond acceptors (Lipinski definition) is 0. The first kappa shape index (κ1) is 25.2. The third-order valence-corrected chi connectivity index (χ3v) is 9.66. The van der Waals surface area contributed by atoms with Gasteiger partial charge in [-0.25, -0.2) is 0 Å². The first-order chi connectivity index (χ1) is 22.8. The number of nitrogens with zero attached hydrogens (tertiary/aromatic N) is 2. The van der Waals surface area contributed by atoms with Crippen LogP contribution in [0.4, 0.5) is 0 Å². The standard InChI is InChI=1S/C44H28N2/c1-3-11-29(12-4-1)31-19-20-33-28-35(23-21-32(33)27-31)46-39-24-22-30-13-7-8-16-36(30)42(39)44-41(46)26-25-40-43(44)37-17-9-10-18-38(37)45(40)34-14-5-2-6-15-34/h1-28H. The van der Waals surface area contributed by atoms with E-state index >= 15 is 0 Å². The lowest BCUT2D eigenvalue weighted by Gasteiger charge is -2.11. The maximum absolute atomic E-state index is 2.47. The zero-order valence-electron chi connectivity index (χ0n) is 25.1. The van der Waals surface area contributed by atoms with Gasteiger partial charge in [0.25, 0.3) is 0 Å². The molecule has 0 radical (unpaired) electrons. The number of rotatable bonds is 3. The average Bonchev–Trinajstić information content (AvgIpc) is 3.65. The molecule has 0 saturated heterocycles. The van der Waals surface area contributed by atoms with Crippen LogP contribution in [0.1, 0.15) is 0 Å². The van der Waals surface area contributed by atoms with E-state index in [2.05, 4.69) is 179 Å². The van der Waals surface area contributed by atoms with Crippen molar-refractivity contribution in [2.75, 3.05) is 0 Å². The Labute approximate surface area is 266 Å². The molecule has 2 aromatic heterocycles. The smallest absolute Gasteiger partial charge is 0.0549 e. The van der Waals surface area contributed by atoms with E-state index in [1.165, 1.54) is 87.7 Å². The van der Waals surface area contributed by atoms with Gasteiger partial charge in [-0.1, -0.05) is 115 Å². The molecule has 2 heteroatoms. The van der Waals surface area contributed by atoms with Gasteiger partial charge in [-0.3, -0.25) is 0 Å². The molecule has 0 aliphatic carbocycles. The maximum atomic E-state index is 2.47. The van der Waals surface area contributed by atoms with E-state index in [0.29, 0.717) is 0 Å².